The van der Waals surface area contributed by atoms with Crippen molar-refractivity contribution in [3.8, 4) is 11.5 Å². The van der Waals surface area contributed by atoms with Crippen LogP contribution in [0.1, 0.15) is 19.4 Å². The standard InChI is InChI=1S/C21H21N3O2S/c1-3-26-17-11-9-16(10-12-17)22-21(27)24-23-14(2)18-13-8-15-6-4-5-7-19(15)20(18)25/h4-13,25H,3H2,1-2H3,(H2,22,24,27)/b23-14+. The molecule has 0 bridgehead atoms. The fraction of sp³-hybridized carbons (Fsp3) is 0.143. The number of rotatable bonds is 5. The molecule has 0 spiro atoms. The van der Waals surface area contributed by atoms with E-state index in [-0.39, 0.29) is 5.75 Å². The molecule has 0 unspecified atom stereocenters. The lowest BCUT2D eigenvalue weighted by molar-refractivity contribution is 0.340. The number of hydrogen-bond donors (Lipinski definition) is 3. The van der Waals surface area contributed by atoms with Crippen LogP contribution in [0.15, 0.2) is 65.8 Å². The normalized spacial score (nSPS) is 11.3. The average Bonchev–Trinajstić information content (AvgIpc) is 2.68. The third-order valence-corrected chi connectivity index (χ3v) is 4.23. The Morgan fingerprint density at radius 1 is 1.07 bits per heavy atom. The summed E-state index contributed by atoms with van der Waals surface area (Å²) >= 11 is 5.28. The molecular formula is C21H21N3O2S. The Morgan fingerprint density at radius 3 is 2.56 bits per heavy atom. The maximum absolute atomic E-state index is 10.5. The Bertz CT molecular complexity index is 984. The van der Waals surface area contributed by atoms with E-state index in [4.69, 9.17) is 17.0 Å². The number of phenolic OH excluding ortho intramolecular Hbond substituents is 1. The zero-order valence-corrected chi connectivity index (χ0v) is 16.0. The van der Waals surface area contributed by atoms with Crippen LogP contribution in [0.4, 0.5) is 5.69 Å². The quantitative estimate of drug-likeness (QED) is 0.342. The molecule has 0 heterocycles. The van der Waals surface area contributed by atoms with Crippen molar-refractivity contribution in [2.45, 2.75) is 13.8 Å². The summed E-state index contributed by atoms with van der Waals surface area (Å²) in [4.78, 5) is 0. The Hall–Kier alpha value is -3.12. The van der Waals surface area contributed by atoms with Crippen molar-refractivity contribution < 1.29 is 9.84 Å². The van der Waals surface area contributed by atoms with E-state index in [9.17, 15) is 5.11 Å². The van der Waals surface area contributed by atoms with E-state index in [0.29, 0.717) is 23.0 Å². The molecule has 27 heavy (non-hydrogen) atoms. The molecule has 3 N–H and O–H groups in total. The smallest absolute Gasteiger partial charge is 0.191 e. The van der Waals surface area contributed by atoms with Crippen LogP contribution in [-0.4, -0.2) is 22.5 Å². The zero-order valence-electron chi connectivity index (χ0n) is 15.2. The van der Waals surface area contributed by atoms with Gasteiger partial charge in [-0.15, -0.1) is 0 Å². The number of anilines is 1. The topological polar surface area (TPSA) is 65.9 Å². The molecule has 0 aliphatic heterocycles. The number of aromatic hydroxyl groups is 1. The van der Waals surface area contributed by atoms with Gasteiger partial charge in [-0.05, 0) is 61.8 Å². The maximum Gasteiger partial charge on any atom is 0.191 e. The van der Waals surface area contributed by atoms with Crippen LogP contribution >= 0.6 is 12.2 Å². The number of nitrogens with one attached hydrogen (secondary N) is 2. The Labute approximate surface area is 163 Å². The van der Waals surface area contributed by atoms with E-state index in [1.54, 1.807) is 0 Å². The number of ether oxygens (including phenoxy) is 1. The van der Waals surface area contributed by atoms with Gasteiger partial charge in [0.1, 0.15) is 11.5 Å². The first kappa shape index (κ1) is 18.7. The Balaban J connectivity index is 1.68. The summed E-state index contributed by atoms with van der Waals surface area (Å²) < 4.78 is 5.41. The molecule has 0 aliphatic carbocycles. The molecule has 0 radical (unpaired) electrons. The lowest BCUT2D eigenvalue weighted by Gasteiger charge is -2.10. The number of nitrogens with zero attached hydrogens (tertiary/aromatic N) is 1. The minimum absolute atomic E-state index is 0.210. The van der Waals surface area contributed by atoms with Gasteiger partial charge < -0.3 is 15.2 Å². The van der Waals surface area contributed by atoms with Crippen LogP contribution in [0.25, 0.3) is 10.8 Å². The van der Waals surface area contributed by atoms with E-state index in [1.807, 2.05) is 74.5 Å². The number of phenols is 1. The second-order valence-corrected chi connectivity index (χ2v) is 6.31. The predicted octanol–water partition coefficient (Wildman–Crippen LogP) is 4.65. The lowest BCUT2D eigenvalue weighted by Crippen LogP contribution is -2.24. The number of thiocarbonyl (C=S) groups is 1. The molecule has 0 saturated carbocycles. The van der Waals surface area contributed by atoms with Gasteiger partial charge in [-0.25, -0.2) is 0 Å². The molecule has 6 heteroatoms. The van der Waals surface area contributed by atoms with Gasteiger partial charge in [0, 0.05) is 16.6 Å². The van der Waals surface area contributed by atoms with Crippen LogP contribution in [-0.2, 0) is 0 Å². The molecular weight excluding hydrogens is 358 g/mol. The molecule has 0 fully saturated rings. The zero-order chi connectivity index (χ0) is 19.2. The van der Waals surface area contributed by atoms with Crippen molar-refractivity contribution in [1.82, 2.24) is 5.43 Å². The second-order valence-electron chi connectivity index (χ2n) is 5.90. The number of fused-ring (bicyclic) bond motifs is 1. The predicted molar refractivity (Wildman–Crippen MR) is 115 cm³/mol. The van der Waals surface area contributed by atoms with Gasteiger partial charge >= 0.3 is 0 Å². The first-order chi connectivity index (χ1) is 13.1. The average molecular weight is 379 g/mol. The van der Waals surface area contributed by atoms with Crippen LogP contribution in [0.3, 0.4) is 0 Å². The summed E-state index contributed by atoms with van der Waals surface area (Å²) in [5.74, 6) is 1.02. The molecule has 5 nitrogen and oxygen atoms in total. The highest BCUT2D eigenvalue weighted by Gasteiger charge is 2.09. The summed E-state index contributed by atoms with van der Waals surface area (Å²) in [5, 5.41) is 20.0. The van der Waals surface area contributed by atoms with Crippen LogP contribution < -0.4 is 15.5 Å². The minimum atomic E-state index is 0.210. The van der Waals surface area contributed by atoms with Crippen molar-refractivity contribution in [3.63, 3.8) is 0 Å². The molecule has 0 saturated heterocycles. The molecule has 3 rings (SSSR count). The highest BCUT2D eigenvalue weighted by atomic mass is 32.1. The highest BCUT2D eigenvalue weighted by Crippen LogP contribution is 2.28. The summed E-state index contributed by atoms with van der Waals surface area (Å²) in [6, 6.07) is 19.0. The van der Waals surface area contributed by atoms with Gasteiger partial charge in [0.25, 0.3) is 0 Å². The minimum Gasteiger partial charge on any atom is -0.507 e. The van der Waals surface area contributed by atoms with Gasteiger partial charge in [-0.3, -0.25) is 5.43 Å². The summed E-state index contributed by atoms with van der Waals surface area (Å²) in [7, 11) is 0. The molecule has 138 valence electrons. The third-order valence-electron chi connectivity index (χ3n) is 4.04. The Morgan fingerprint density at radius 2 is 1.81 bits per heavy atom. The van der Waals surface area contributed by atoms with Crippen molar-refractivity contribution in [2.75, 3.05) is 11.9 Å². The van der Waals surface area contributed by atoms with Gasteiger partial charge in [0.15, 0.2) is 5.11 Å². The van der Waals surface area contributed by atoms with E-state index in [1.165, 1.54) is 0 Å². The van der Waals surface area contributed by atoms with Crippen molar-refractivity contribution >= 4 is 39.5 Å². The van der Waals surface area contributed by atoms with Crippen molar-refractivity contribution in [2.24, 2.45) is 5.10 Å². The number of hydrazone groups is 1. The van der Waals surface area contributed by atoms with Crippen molar-refractivity contribution in [3.05, 3.63) is 66.2 Å². The Kier molecular flexibility index (Phi) is 5.88. The summed E-state index contributed by atoms with van der Waals surface area (Å²) in [6.07, 6.45) is 0. The SMILES string of the molecule is CCOc1ccc(NC(=S)N/N=C(\C)c2ccc3ccccc3c2O)cc1. The molecule has 3 aromatic carbocycles. The fourth-order valence-corrected chi connectivity index (χ4v) is 2.87. The summed E-state index contributed by atoms with van der Waals surface area (Å²) in [5.41, 5.74) is 4.93. The molecule has 0 atom stereocenters. The van der Waals surface area contributed by atoms with Crippen LogP contribution in [0.5, 0.6) is 11.5 Å². The van der Waals surface area contributed by atoms with Gasteiger partial charge in [0.05, 0.1) is 12.3 Å². The van der Waals surface area contributed by atoms with Gasteiger partial charge in [0.2, 0.25) is 0 Å². The highest BCUT2D eigenvalue weighted by molar-refractivity contribution is 7.80. The van der Waals surface area contributed by atoms with Gasteiger partial charge in [-0.1, -0.05) is 30.3 Å². The number of hydrogen-bond acceptors (Lipinski definition) is 4. The van der Waals surface area contributed by atoms with E-state index < -0.39 is 0 Å². The van der Waals surface area contributed by atoms with Crippen LogP contribution in [0, 0.1) is 0 Å². The molecule has 3 aromatic rings. The summed E-state index contributed by atoms with van der Waals surface area (Å²) in [6.45, 7) is 4.39. The third kappa shape index (κ3) is 4.54. The largest absolute Gasteiger partial charge is 0.507 e. The molecule has 0 aromatic heterocycles. The van der Waals surface area contributed by atoms with E-state index >= 15 is 0 Å². The first-order valence-electron chi connectivity index (χ1n) is 8.63. The lowest BCUT2D eigenvalue weighted by atomic mass is 10.0. The monoisotopic (exact) mass is 379 g/mol. The molecule has 0 aliphatic rings. The van der Waals surface area contributed by atoms with Gasteiger partial charge in [-0.2, -0.15) is 5.10 Å². The first-order valence-corrected chi connectivity index (χ1v) is 9.04. The number of benzene rings is 3. The van der Waals surface area contributed by atoms with Crippen molar-refractivity contribution in [1.29, 1.82) is 0 Å². The van der Waals surface area contributed by atoms with E-state index in [0.717, 1.165) is 22.2 Å². The maximum atomic E-state index is 10.5. The second kappa shape index (κ2) is 8.51. The molecule has 0 amide bonds. The van der Waals surface area contributed by atoms with E-state index in [2.05, 4.69) is 15.8 Å². The fourth-order valence-electron chi connectivity index (χ4n) is 2.70. The van der Waals surface area contributed by atoms with Crippen LogP contribution in [0.2, 0.25) is 0 Å².